The van der Waals surface area contributed by atoms with Gasteiger partial charge in [-0.15, -0.1) is 0 Å². The first kappa shape index (κ1) is 22.1. The Morgan fingerprint density at radius 2 is 1.86 bits per heavy atom. The molecule has 0 radical (unpaired) electrons. The molecule has 0 spiro atoms. The van der Waals surface area contributed by atoms with Crippen LogP contribution in [-0.4, -0.2) is 28.0 Å². The van der Waals surface area contributed by atoms with Crippen LogP contribution >= 0.6 is 23.2 Å². The summed E-state index contributed by atoms with van der Waals surface area (Å²) >= 11 is 11.9. The minimum atomic E-state index is -4.06. The molecule has 150 valence electrons. The molecule has 2 aromatic carbocycles. The second kappa shape index (κ2) is 9.32. The molecule has 1 amide bonds. The van der Waals surface area contributed by atoms with Crippen molar-refractivity contribution in [3.05, 3.63) is 62.5 Å². The Morgan fingerprint density at radius 3 is 2.43 bits per heavy atom. The van der Waals surface area contributed by atoms with Gasteiger partial charge in [-0.25, -0.2) is 8.42 Å². The van der Waals surface area contributed by atoms with Crippen molar-refractivity contribution in [3.63, 3.8) is 0 Å². The van der Waals surface area contributed by atoms with Crippen LogP contribution < -0.4 is 15.2 Å². The van der Waals surface area contributed by atoms with Gasteiger partial charge in [0.2, 0.25) is 0 Å². The number of amides is 1. The molecule has 2 N–H and O–H groups in total. The second-order valence-corrected chi connectivity index (χ2v) is 8.51. The molecule has 0 saturated carbocycles. The van der Waals surface area contributed by atoms with Gasteiger partial charge in [0.25, 0.3) is 5.91 Å². The molecule has 2 aromatic rings. The van der Waals surface area contributed by atoms with E-state index in [0.717, 1.165) is 0 Å². The summed E-state index contributed by atoms with van der Waals surface area (Å²) in [7, 11) is -2.60. The minimum absolute atomic E-state index is 0.183. The van der Waals surface area contributed by atoms with Gasteiger partial charge in [0.05, 0.1) is 19.5 Å². The van der Waals surface area contributed by atoms with E-state index in [1.807, 2.05) is 6.92 Å². The molecule has 2 rings (SSSR count). The number of carbonyl (C=O) groups is 1. The zero-order valence-corrected chi connectivity index (χ0v) is 17.6. The summed E-state index contributed by atoms with van der Waals surface area (Å²) in [5.41, 5.74) is 6.06. The van der Waals surface area contributed by atoms with Crippen molar-refractivity contribution in [2.75, 3.05) is 13.7 Å². The molecular weight excluding hydrogens is 425 g/mol. The molecule has 0 aliphatic rings. The van der Waals surface area contributed by atoms with Crippen LogP contribution in [-0.2, 0) is 20.4 Å². The largest absolute Gasteiger partial charge is 0.493 e. The van der Waals surface area contributed by atoms with Crippen LogP contribution in [0.2, 0.25) is 10.0 Å². The fourth-order valence-corrected chi connectivity index (χ4v) is 4.43. The lowest BCUT2D eigenvalue weighted by Gasteiger charge is -2.11. The van der Waals surface area contributed by atoms with Gasteiger partial charge in [0.15, 0.2) is 21.3 Å². The molecule has 28 heavy (non-hydrogen) atoms. The molecule has 0 fully saturated rings. The number of hydrogen-bond donors (Lipinski definition) is 1. The number of nitrogens with two attached hydrogens (primary N) is 1. The lowest BCUT2D eigenvalue weighted by Crippen LogP contribution is -2.22. The molecule has 0 heterocycles. The van der Waals surface area contributed by atoms with Crippen LogP contribution in [0.25, 0.3) is 6.08 Å². The van der Waals surface area contributed by atoms with Gasteiger partial charge >= 0.3 is 0 Å². The molecule has 0 aliphatic heterocycles. The molecule has 0 aliphatic carbocycles. The minimum Gasteiger partial charge on any atom is -0.493 e. The normalized spacial score (nSPS) is 11.9. The van der Waals surface area contributed by atoms with Crippen molar-refractivity contribution in [1.82, 2.24) is 0 Å². The smallest absolute Gasteiger partial charge is 0.260 e. The topological polar surface area (TPSA) is 95.7 Å². The van der Waals surface area contributed by atoms with E-state index in [2.05, 4.69) is 0 Å². The van der Waals surface area contributed by atoms with Gasteiger partial charge in [0, 0.05) is 10.0 Å². The summed E-state index contributed by atoms with van der Waals surface area (Å²) in [6.07, 6.45) is 1.19. The highest BCUT2D eigenvalue weighted by Gasteiger charge is 2.25. The summed E-state index contributed by atoms with van der Waals surface area (Å²) < 4.78 is 36.2. The number of primary amides is 1. The fraction of sp³-hybridized carbons (Fsp3) is 0.211. The van der Waals surface area contributed by atoms with Crippen molar-refractivity contribution in [2.45, 2.75) is 12.7 Å². The van der Waals surface area contributed by atoms with Crippen molar-refractivity contribution in [3.8, 4) is 11.5 Å². The number of carbonyl (C=O) groups excluding carboxylic acids is 1. The van der Waals surface area contributed by atoms with E-state index in [1.165, 1.54) is 31.4 Å². The van der Waals surface area contributed by atoms with Crippen LogP contribution in [0.5, 0.6) is 11.5 Å². The van der Waals surface area contributed by atoms with Crippen LogP contribution in [0.15, 0.2) is 41.3 Å². The van der Waals surface area contributed by atoms with Gasteiger partial charge in [-0.3, -0.25) is 4.79 Å². The Morgan fingerprint density at radius 1 is 1.14 bits per heavy atom. The van der Waals surface area contributed by atoms with Crippen LogP contribution in [0.4, 0.5) is 0 Å². The maximum Gasteiger partial charge on any atom is 0.260 e. The predicted molar refractivity (Wildman–Crippen MR) is 110 cm³/mol. The lowest BCUT2D eigenvalue weighted by atomic mass is 10.2. The zero-order valence-electron chi connectivity index (χ0n) is 15.2. The van der Waals surface area contributed by atoms with Crippen LogP contribution in [0, 0.1) is 0 Å². The molecule has 6 nitrogen and oxygen atoms in total. The summed E-state index contributed by atoms with van der Waals surface area (Å²) in [6.45, 7) is 2.27. The highest BCUT2D eigenvalue weighted by atomic mass is 35.5. The molecule has 0 aromatic heterocycles. The van der Waals surface area contributed by atoms with Crippen molar-refractivity contribution in [2.24, 2.45) is 5.73 Å². The third-order valence-electron chi connectivity index (χ3n) is 3.72. The SMILES string of the molecule is CCOc1ccc(/C=C(\C(N)=O)S(=O)(=O)Cc2ccc(Cl)cc2Cl)cc1OC. The monoisotopic (exact) mass is 443 g/mol. The number of ether oxygens (including phenoxy) is 2. The number of sulfone groups is 1. The predicted octanol–water partition coefficient (Wildman–Crippen LogP) is 3.84. The van der Waals surface area contributed by atoms with Gasteiger partial charge in [-0.1, -0.05) is 35.3 Å². The van der Waals surface area contributed by atoms with Crippen molar-refractivity contribution >= 4 is 45.0 Å². The zero-order chi connectivity index (χ0) is 20.9. The van der Waals surface area contributed by atoms with E-state index < -0.39 is 26.4 Å². The van der Waals surface area contributed by atoms with Gasteiger partial charge in [-0.2, -0.15) is 0 Å². The van der Waals surface area contributed by atoms with Crippen LogP contribution in [0.1, 0.15) is 18.1 Å². The highest BCUT2D eigenvalue weighted by Crippen LogP contribution is 2.30. The first-order chi connectivity index (χ1) is 13.2. The Bertz CT molecular complexity index is 1020. The lowest BCUT2D eigenvalue weighted by molar-refractivity contribution is -0.113. The molecular formula is C19H19Cl2NO5S. The number of rotatable bonds is 8. The van der Waals surface area contributed by atoms with E-state index >= 15 is 0 Å². The van der Waals surface area contributed by atoms with Gasteiger partial charge in [0.1, 0.15) is 4.91 Å². The molecule has 0 saturated heterocycles. The molecule has 0 bridgehead atoms. The van der Waals surface area contributed by atoms with E-state index in [-0.39, 0.29) is 5.02 Å². The quantitative estimate of drug-likeness (QED) is 0.625. The number of halogens is 2. The van der Waals surface area contributed by atoms with Gasteiger partial charge < -0.3 is 15.2 Å². The Balaban J connectivity index is 2.44. The summed E-state index contributed by atoms with van der Waals surface area (Å²) in [6, 6.07) is 9.21. The second-order valence-electron chi connectivity index (χ2n) is 5.71. The third-order valence-corrected chi connectivity index (χ3v) is 5.99. The van der Waals surface area contributed by atoms with Crippen molar-refractivity contribution in [1.29, 1.82) is 0 Å². The fourth-order valence-electron chi connectivity index (χ4n) is 2.44. The average Bonchev–Trinajstić information content (AvgIpc) is 2.62. The Kier molecular flexibility index (Phi) is 7.35. The Labute approximate surface area is 173 Å². The maximum absolute atomic E-state index is 12.8. The van der Waals surface area contributed by atoms with Crippen molar-refractivity contribution < 1.29 is 22.7 Å². The number of benzene rings is 2. The third kappa shape index (κ3) is 5.41. The molecule has 0 unspecified atom stereocenters. The summed E-state index contributed by atoms with van der Waals surface area (Å²) in [5.74, 6) is -0.666. The maximum atomic E-state index is 12.8. The summed E-state index contributed by atoms with van der Waals surface area (Å²) in [5, 5.41) is 0.556. The Hall–Kier alpha value is -2.22. The van der Waals surface area contributed by atoms with E-state index in [1.54, 1.807) is 18.2 Å². The number of methoxy groups -OCH3 is 1. The number of hydrogen-bond acceptors (Lipinski definition) is 5. The highest BCUT2D eigenvalue weighted by molar-refractivity contribution is 7.95. The standard InChI is InChI=1S/C19H19Cl2NO5S/c1-3-27-16-7-4-12(8-17(16)26-2)9-18(19(22)23)28(24,25)11-13-5-6-14(20)10-15(13)21/h4-10H,3,11H2,1-2H3,(H2,22,23)/b18-9+. The first-order valence-corrected chi connectivity index (χ1v) is 10.6. The van der Waals surface area contributed by atoms with Crippen LogP contribution in [0.3, 0.4) is 0 Å². The molecule has 0 atom stereocenters. The van der Waals surface area contributed by atoms with Gasteiger partial charge in [-0.05, 0) is 48.4 Å². The molecule has 9 heteroatoms. The van der Waals surface area contributed by atoms with E-state index in [0.29, 0.717) is 34.3 Å². The summed E-state index contributed by atoms with van der Waals surface area (Å²) in [4.78, 5) is 11.3. The first-order valence-electron chi connectivity index (χ1n) is 8.17. The average molecular weight is 444 g/mol. The van der Waals surface area contributed by atoms with E-state index in [9.17, 15) is 13.2 Å². The van der Waals surface area contributed by atoms with E-state index in [4.69, 9.17) is 38.4 Å².